The standard InChI is InChI=1S/C20H17O3/c1-13(2)23-20-18(15-10-6-7-11-15)17(21)12-16(19(20)22)14-8-4-3-5-9-14/h3-13H,1-2H3. The van der Waals surface area contributed by atoms with E-state index in [4.69, 9.17) is 4.74 Å². The van der Waals surface area contributed by atoms with E-state index in [0.29, 0.717) is 17.1 Å². The van der Waals surface area contributed by atoms with Gasteiger partial charge in [0.1, 0.15) is 0 Å². The van der Waals surface area contributed by atoms with Crippen molar-refractivity contribution in [1.82, 2.24) is 0 Å². The van der Waals surface area contributed by atoms with E-state index < -0.39 is 0 Å². The van der Waals surface area contributed by atoms with Gasteiger partial charge in [-0.05, 0) is 51.2 Å². The van der Waals surface area contributed by atoms with Crippen LogP contribution < -0.4 is 0 Å². The summed E-state index contributed by atoms with van der Waals surface area (Å²) in [6.45, 7) is 3.68. The van der Waals surface area contributed by atoms with Crippen molar-refractivity contribution >= 4 is 17.1 Å². The van der Waals surface area contributed by atoms with Gasteiger partial charge in [-0.25, -0.2) is 0 Å². The van der Waals surface area contributed by atoms with Crippen LogP contribution in [0.15, 0.2) is 47.7 Å². The first-order valence-electron chi connectivity index (χ1n) is 7.57. The molecule has 0 amide bonds. The molecule has 0 heterocycles. The van der Waals surface area contributed by atoms with Gasteiger partial charge >= 0.3 is 0 Å². The first-order valence-corrected chi connectivity index (χ1v) is 7.57. The van der Waals surface area contributed by atoms with Crippen molar-refractivity contribution in [3.8, 4) is 0 Å². The monoisotopic (exact) mass is 305 g/mol. The van der Waals surface area contributed by atoms with Crippen LogP contribution in [-0.2, 0) is 14.3 Å². The van der Waals surface area contributed by atoms with Crippen LogP contribution in [0.2, 0.25) is 0 Å². The fourth-order valence-electron chi connectivity index (χ4n) is 2.61. The molecule has 23 heavy (non-hydrogen) atoms. The molecular formula is C20H17O3. The molecule has 0 aromatic heterocycles. The number of allylic oxidation sites excluding steroid dienone is 3. The molecule has 0 aliphatic heterocycles. The molecule has 5 radical (unpaired) electrons. The summed E-state index contributed by atoms with van der Waals surface area (Å²) in [6.07, 6.45) is 8.51. The lowest BCUT2D eigenvalue weighted by atomic mass is 9.84. The zero-order valence-electron chi connectivity index (χ0n) is 13.1. The van der Waals surface area contributed by atoms with Crippen molar-refractivity contribution < 1.29 is 14.3 Å². The van der Waals surface area contributed by atoms with E-state index in [1.54, 1.807) is 0 Å². The van der Waals surface area contributed by atoms with Gasteiger partial charge in [0.15, 0.2) is 11.5 Å². The molecule has 3 heteroatoms. The molecule has 2 aliphatic rings. The van der Waals surface area contributed by atoms with E-state index in [1.807, 2.05) is 69.9 Å². The molecule has 115 valence electrons. The van der Waals surface area contributed by atoms with Gasteiger partial charge in [0.2, 0.25) is 5.78 Å². The van der Waals surface area contributed by atoms with Crippen LogP contribution >= 0.6 is 0 Å². The van der Waals surface area contributed by atoms with Crippen LogP contribution in [0.3, 0.4) is 0 Å². The van der Waals surface area contributed by atoms with E-state index in [9.17, 15) is 9.59 Å². The number of ketones is 2. The second-order valence-corrected chi connectivity index (χ2v) is 5.66. The summed E-state index contributed by atoms with van der Waals surface area (Å²) >= 11 is 0. The van der Waals surface area contributed by atoms with Gasteiger partial charge in [-0.1, -0.05) is 30.3 Å². The van der Waals surface area contributed by atoms with E-state index in [-0.39, 0.29) is 23.4 Å². The number of benzene rings is 1. The van der Waals surface area contributed by atoms with Crippen LogP contribution in [0.25, 0.3) is 5.57 Å². The maximum Gasteiger partial charge on any atom is 0.228 e. The van der Waals surface area contributed by atoms with Crippen LogP contribution in [0.4, 0.5) is 0 Å². The third-order valence-electron chi connectivity index (χ3n) is 3.59. The van der Waals surface area contributed by atoms with E-state index in [0.717, 1.165) is 5.56 Å². The molecule has 0 atom stereocenters. The van der Waals surface area contributed by atoms with Crippen molar-refractivity contribution in [1.29, 1.82) is 0 Å². The summed E-state index contributed by atoms with van der Waals surface area (Å²) in [5, 5.41) is 0. The molecule has 0 N–H and O–H groups in total. The number of carbonyl (C=O) groups is 2. The number of rotatable bonds is 4. The number of hydrogen-bond donors (Lipinski definition) is 0. The molecule has 1 aromatic rings. The molecule has 0 saturated heterocycles. The number of Topliss-reactive ketones (excluding diaryl/α,β-unsaturated/α-hetero) is 1. The van der Waals surface area contributed by atoms with Crippen LogP contribution in [0.5, 0.6) is 0 Å². The third kappa shape index (κ3) is 3.14. The Kier molecular flexibility index (Phi) is 4.46. The zero-order valence-corrected chi connectivity index (χ0v) is 13.1. The molecule has 0 bridgehead atoms. The minimum absolute atomic E-state index is 0.137. The number of carbonyl (C=O) groups excluding carboxylic acids is 2. The summed E-state index contributed by atoms with van der Waals surface area (Å²) in [5.74, 6) is 0.394. The Morgan fingerprint density at radius 3 is 2.22 bits per heavy atom. The molecule has 1 saturated carbocycles. The maximum atomic E-state index is 12.9. The molecule has 1 aromatic carbocycles. The molecule has 2 aliphatic carbocycles. The third-order valence-corrected chi connectivity index (χ3v) is 3.59. The second-order valence-electron chi connectivity index (χ2n) is 5.66. The highest BCUT2D eigenvalue weighted by atomic mass is 16.5. The molecule has 3 nitrogen and oxygen atoms in total. The average Bonchev–Trinajstić information content (AvgIpc) is 3.05. The number of hydrogen-bond acceptors (Lipinski definition) is 3. The van der Waals surface area contributed by atoms with Gasteiger partial charge in [-0.3, -0.25) is 9.59 Å². The Balaban J connectivity index is 2.03. The van der Waals surface area contributed by atoms with Gasteiger partial charge < -0.3 is 4.74 Å². The first kappa shape index (κ1) is 15.7. The summed E-state index contributed by atoms with van der Waals surface area (Å²) in [5.41, 5.74) is 1.44. The zero-order chi connectivity index (χ0) is 16.4. The molecule has 3 rings (SSSR count). The minimum atomic E-state index is -0.249. The molecule has 0 unspecified atom stereocenters. The van der Waals surface area contributed by atoms with Gasteiger partial charge in [-0.2, -0.15) is 0 Å². The first-order chi connectivity index (χ1) is 11.1. The lowest BCUT2D eigenvalue weighted by Gasteiger charge is -2.24. The Hall–Kier alpha value is -2.16. The minimum Gasteiger partial charge on any atom is -0.486 e. The Labute approximate surface area is 137 Å². The summed E-state index contributed by atoms with van der Waals surface area (Å²) in [4.78, 5) is 25.6. The van der Waals surface area contributed by atoms with E-state index in [2.05, 4.69) is 0 Å². The Bertz CT molecular complexity index is 674. The topological polar surface area (TPSA) is 43.4 Å². The van der Waals surface area contributed by atoms with Gasteiger partial charge in [0, 0.05) is 11.5 Å². The SMILES string of the molecule is CC(C)OC1=C([C]2[CH][CH][CH][CH]2)C(=O)C=C(c2ccccc2)C1=O. The summed E-state index contributed by atoms with van der Waals surface area (Å²) in [7, 11) is 0. The fourth-order valence-corrected chi connectivity index (χ4v) is 2.61. The van der Waals surface area contributed by atoms with Crippen LogP contribution in [0, 0.1) is 31.6 Å². The Morgan fingerprint density at radius 1 is 0.957 bits per heavy atom. The molecular weight excluding hydrogens is 288 g/mol. The highest BCUT2D eigenvalue weighted by Crippen LogP contribution is 2.38. The molecule has 0 spiro atoms. The Morgan fingerprint density at radius 2 is 1.61 bits per heavy atom. The quantitative estimate of drug-likeness (QED) is 0.802. The molecule has 1 fully saturated rings. The highest BCUT2D eigenvalue weighted by Gasteiger charge is 2.37. The normalized spacial score (nSPS) is 19.5. The van der Waals surface area contributed by atoms with Gasteiger partial charge in [0.25, 0.3) is 0 Å². The highest BCUT2D eigenvalue weighted by molar-refractivity contribution is 6.37. The predicted molar refractivity (Wildman–Crippen MR) is 88.1 cm³/mol. The number of ether oxygens (including phenoxy) is 1. The van der Waals surface area contributed by atoms with Crippen molar-refractivity contribution in [3.05, 3.63) is 84.9 Å². The van der Waals surface area contributed by atoms with Crippen LogP contribution in [-0.4, -0.2) is 17.7 Å². The average molecular weight is 305 g/mol. The van der Waals surface area contributed by atoms with E-state index in [1.165, 1.54) is 6.08 Å². The predicted octanol–water partition coefficient (Wildman–Crippen LogP) is 3.31. The fraction of sp³-hybridized carbons (Fsp3) is 0.150. The largest absolute Gasteiger partial charge is 0.486 e. The van der Waals surface area contributed by atoms with Crippen molar-refractivity contribution in [3.63, 3.8) is 0 Å². The maximum absolute atomic E-state index is 12.9. The smallest absolute Gasteiger partial charge is 0.228 e. The van der Waals surface area contributed by atoms with Gasteiger partial charge in [-0.15, -0.1) is 0 Å². The summed E-state index contributed by atoms with van der Waals surface area (Å²) in [6, 6.07) is 9.19. The van der Waals surface area contributed by atoms with Crippen LogP contribution in [0.1, 0.15) is 19.4 Å². The van der Waals surface area contributed by atoms with Crippen molar-refractivity contribution in [2.45, 2.75) is 20.0 Å². The second kappa shape index (κ2) is 6.53. The van der Waals surface area contributed by atoms with Crippen molar-refractivity contribution in [2.75, 3.05) is 0 Å². The lowest BCUT2D eigenvalue weighted by molar-refractivity contribution is -0.117. The van der Waals surface area contributed by atoms with Crippen molar-refractivity contribution in [2.24, 2.45) is 0 Å². The van der Waals surface area contributed by atoms with E-state index >= 15 is 0 Å². The summed E-state index contributed by atoms with van der Waals surface area (Å²) < 4.78 is 5.73. The van der Waals surface area contributed by atoms with Gasteiger partial charge in [0.05, 0.1) is 11.7 Å². The lowest BCUT2D eigenvalue weighted by Crippen LogP contribution is -2.25.